The van der Waals surface area contributed by atoms with Gasteiger partial charge in [-0.25, -0.2) is 18.6 Å². The first-order valence-electron chi connectivity index (χ1n) is 11.1. The number of nitrogens with one attached hydrogen (secondary N) is 2. The Kier molecular flexibility index (Phi) is 8.19. The van der Waals surface area contributed by atoms with Gasteiger partial charge in [-0.05, 0) is 44.5 Å². The third kappa shape index (κ3) is 7.28. The van der Waals surface area contributed by atoms with Crippen LogP contribution in [0.1, 0.15) is 41.4 Å². The summed E-state index contributed by atoms with van der Waals surface area (Å²) in [5.41, 5.74) is -1.14. The highest BCUT2D eigenvalue weighted by atomic mass is 19.4. The molecule has 7 nitrogen and oxygen atoms in total. The number of amides is 2. The number of hydrogen-bond acceptors (Lipinski definition) is 4. The van der Waals surface area contributed by atoms with Gasteiger partial charge in [0.2, 0.25) is 0 Å². The van der Waals surface area contributed by atoms with Gasteiger partial charge in [0.25, 0.3) is 5.91 Å². The van der Waals surface area contributed by atoms with Crippen molar-refractivity contribution in [3.8, 4) is 5.75 Å². The minimum absolute atomic E-state index is 0.110. The van der Waals surface area contributed by atoms with Crippen LogP contribution in [0.5, 0.6) is 5.75 Å². The Balaban J connectivity index is 1.85. The molecule has 3 rings (SSSR count). The van der Waals surface area contributed by atoms with E-state index in [1.807, 2.05) is 5.32 Å². The Morgan fingerprint density at radius 3 is 2.32 bits per heavy atom. The maximum atomic E-state index is 14.0. The summed E-state index contributed by atoms with van der Waals surface area (Å²) in [5.74, 6) is -2.10. The number of carbonyl (C=O) groups is 2. The van der Waals surface area contributed by atoms with Gasteiger partial charge in [0.15, 0.2) is 0 Å². The van der Waals surface area contributed by atoms with Crippen molar-refractivity contribution in [3.05, 3.63) is 70.9 Å². The summed E-state index contributed by atoms with van der Waals surface area (Å²) in [6.45, 7) is 2.01. The van der Waals surface area contributed by atoms with E-state index >= 15 is 0 Å². The standard InChI is InChI=1S/C25H24F5N3O4/c1-14-11-16(22(34)31-13-24(2,33-23(35)36)9-10-25(28,29)30)15-5-3-8-20(21(15)32-14)37-12-17-18(26)6-4-7-19(17)27/h3-8,11,33H,9-10,12-13H2,1-2H3,(H,31,34)(H,35,36). The molecule has 0 aliphatic heterocycles. The van der Waals surface area contributed by atoms with Crippen LogP contribution < -0.4 is 15.4 Å². The molecule has 1 heterocycles. The number of rotatable bonds is 9. The monoisotopic (exact) mass is 525 g/mol. The minimum atomic E-state index is -4.51. The summed E-state index contributed by atoms with van der Waals surface area (Å²) >= 11 is 0. The molecule has 0 fully saturated rings. The van der Waals surface area contributed by atoms with Crippen molar-refractivity contribution >= 4 is 22.9 Å². The second kappa shape index (κ2) is 11.0. The average Bonchev–Trinajstić information content (AvgIpc) is 2.80. The molecular formula is C25H24F5N3O4. The van der Waals surface area contributed by atoms with Crippen molar-refractivity contribution in [3.63, 3.8) is 0 Å². The third-order valence-electron chi connectivity index (χ3n) is 5.62. The molecule has 1 aromatic heterocycles. The molecule has 0 spiro atoms. The number of para-hydroxylation sites is 1. The molecule has 2 amide bonds. The fourth-order valence-electron chi connectivity index (χ4n) is 3.72. The first-order valence-corrected chi connectivity index (χ1v) is 11.1. The molecule has 0 aliphatic carbocycles. The van der Waals surface area contributed by atoms with Gasteiger partial charge in [0, 0.05) is 24.0 Å². The van der Waals surface area contributed by atoms with Crippen LogP contribution in [0.15, 0.2) is 42.5 Å². The molecular weight excluding hydrogens is 501 g/mol. The second-order valence-electron chi connectivity index (χ2n) is 8.74. The maximum Gasteiger partial charge on any atom is 0.405 e. The largest absolute Gasteiger partial charge is 0.486 e. The van der Waals surface area contributed by atoms with E-state index in [2.05, 4.69) is 10.3 Å². The Morgan fingerprint density at radius 2 is 1.70 bits per heavy atom. The summed E-state index contributed by atoms with van der Waals surface area (Å²) in [7, 11) is 0. The predicted molar refractivity (Wildman–Crippen MR) is 124 cm³/mol. The number of ether oxygens (including phenoxy) is 1. The molecule has 3 N–H and O–H groups in total. The first kappa shape index (κ1) is 27.6. The van der Waals surface area contributed by atoms with Crippen LogP contribution in [0, 0.1) is 18.6 Å². The molecule has 37 heavy (non-hydrogen) atoms. The van der Waals surface area contributed by atoms with Crippen LogP contribution in [-0.2, 0) is 6.61 Å². The van der Waals surface area contributed by atoms with Gasteiger partial charge in [-0.2, -0.15) is 13.2 Å². The van der Waals surface area contributed by atoms with Gasteiger partial charge >= 0.3 is 12.3 Å². The normalized spacial score (nSPS) is 13.2. The van der Waals surface area contributed by atoms with Crippen LogP contribution in [0.3, 0.4) is 0 Å². The number of hydrogen-bond donors (Lipinski definition) is 3. The summed E-state index contributed by atoms with van der Waals surface area (Å²) in [6.07, 6.45) is -7.88. The molecule has 0 saturated heterocycles. The van der Waals surface area contributed by atoms with Crippen LogP contribution in [-0.4, -0.2) is 40.4 Å². The first-order chi connectivity index (χ1) is 17.3. The fourth-order valence-corrected chi connectivity index (χ4v) is 3.72. The van der Waals surface area contributed by atoms with Crippen molar-refractivity contribution in [2.75, 3.05) is 6.54 Å². The van der Waals surface area contributed by atoms with Gasteiger partial charge in [-0.1, -0.05) is 18.2 Å². The lowest BCUT2D eigenvalue weighted by Crippen LogP contribution is -2.53. The van der Waals surface area contributed by atoms with Crippen molar-refractivity contribution in [1.29, 1.82) is 0 Å². The van der Waals surface area contributed by atoms with Crippen LogP contribution in [0.2, 0.25) is 0 Å². The van der Waals surface area contributed by atoms with Crippen LogP contribution in [0.25, 0.3) is 10.9 Å². The summed E-state index contributed by atoms with van der Waals surface area (Å²) < 4.78 is 71.8. The summed E-state index contributed by atoms with van der Waals surface area (Å²) in [4.78, 5) is 28.6. The highest BCUT2D eigenvalue weighted by Gasteiger charge is 2.35. The lowest BCUT2D eigenvalue weighted by atomic mass is 9.95. The lowest BCUT2D eigenvalue weighted by molar-refractivity contribution is -0.138. The Labute approximate surface area is 208 Å². The fraction of sp³-hybridized carbons (Fsp3) is 0.320. The summed E-state index contributed by atoms with van der Waals surface area (Å²) in [6, 6.07) is 9.49. The predicted octanol–water partition coefficient (Wildman–Crippen LogP) is 5.50. The van der Waals surface area contributed by atoms with Gasteiger partial charge in [-0.3, -0.25) is 4.79 Å². The van der Waals surface area contributed by atoms with E-state index in [1.54, 1.807) is 19.1 Å². The average molecular weight is 525 g/mol. The van der Waals surface area contributed by atoms with E-state index in [4.69, 9.17) is 9.84 Å². The van der Waals surface area contributed by atoms with E-state index in [-0.39, 0.29) is 22.4 Å². The zero-order valence-corrected chi connectivity index (χ0v) is 19.9. The lowest BCUT2D eigenvalue weighted by Gasteiger charge is -2.30. The minimum Gasteiger partial charge on any atom is -0.486 e. The maximum absolute atomic E-state index is 14.0. The Hall–Kier alpha value is -3.96. The Morgan fingerprint density at radius 1 is 1.05 bits per heavy atom. The van der Waals surface area contributed by atoms with Crippen molar-refractivity contribution in [2.45, 2.75) is 45.0 Å². The molecule has 2 aromatic carbocycles. The quantitative estimate of drug-likeness (QED) is 0.321. The number of carbonyl (C=O) groups excluding carboxylic acids is 1. The number of pyridine rings is 1. The second-order valence-corrected chi connectivity index (χ2v) is 8.74. The van der Waals surface area contributed by atoms with E-state index in [1.165, 1.54) is 25.1 Å². The molecule has 198 valence electrons. The van der Waals surface area contributed by atoms with Gasteiger partial charge in [0.05, 0.1) is 16.7 Å². The van der Waals surface area contributed by atoms with E-state index in [0.29, 0.717) is 11.1 Å². The number of halogens is 5. The molecule has 3 aromatic rings. The SMILES string of the molecule is Cc1cc(C(=O)NCC(C)(CCC(F)(F)F)NC(=O)O)c2cccc(OCc3c(F)cccc3F)c2n1. The topological polar surface area (TPSA) is 101 Å². The number of aryl methyl sites for hydroxylation is 1. The van der Waals surface area contributed by atoms with Crippen LogP contribution >= 0.6 is 0 Å². The Bertz CT molecular complexity index is 1300. The van der Waals surface area contributed by atoms with E-state index < -0.39 is 61.3 Å². The zero-order valence-electron chi connectivity index (χ0n) is 19.9. The number of aromatic nitrogens is 1. The number of nitrogens with zero attached hydrogens (tertiary/aromatic N) is 1. The van der Waals surface area contributed by atoms with Gasteiger partial charge in [-0.15, -0.1) is 0 Å². The highest BCUT2D eigenvalue weighted by molar-refractivity contribution is 6.07. The number of alkyl halides is 3. The summed E-state index contributed by atoms with van der Waals surface area (Å²) in [5, 5.41) is 13.9. The molecule has 1 atom stereocenters. The van der Waals surface area contributed by atoms with E-state index in [0.717, 1.165) is 12.1 Å². The molecule has 0 bridgehead atoms. The highest BCUT2D eigenvalue weighted by Crippen LogP contribution is 2.29. The molecule has 12 heteroatoms. The molecule has 0 radical (unpaired) electrons. The smallest absolute Gasteiger partial charge is 0.405 e. The molecule has 0 saturated carbocycles. The van der Waals surface area contributed by atoms with Crippen molar-refractivity contribution in [1.82, 2.24) is 15.6 Å². The van der Waals surface area contributed by atoms with Gasteiger partial charge < -0.3 is 20.5 Å². The van der Waals surface area contributed by atoms with Crippen molar-refractivity contribution in [2.24, 2.45) is 0 Å². The number of carboxylic acid groups (broad SMARTS) is 1. The number of fused-ring (bicyclic) bond motifs is 1. The van der Waals surface area contributed by atoms with Crippen LogP contribution in [0.4, 0.5) is 26.7 Å². The molecule has 0 aliphatic rings. The third-order valence-corrected chi connectivity index (χ3v) is 5.62. The molecule has 1 unspecified atom stereocenters. The number of benzene rings is 2. The van der Waals surface area contributed by atoms with Crippen molar-refractivity contribution < 1.29 is 41.4 Å². The van der Waals surface area contributed by atoms with E-state index in [9.17, 15) is 31.5 Å². The van der Waals surface area contributed by atoms with Gasteiger partial charge in [0.1, 0.15) is 29.5 Å². The zero-order chi connectivity index (χ0) is 27.4.